The average Bonchev–Trinajstić information content (AvgIpc) is 3.01. The summed E-state index contributed by atoms with van der Waals surface area (Å²) in [6, 6.07) is 17.6. The van der Waals surface area contributed by atoms with Gasteiger partial charge in [0.1, 0.15) is 0 Å². The molecule has 1 amide bonds. The molecule has 2 aromatic carbocycles. The second-order valence-electron chi connectivity index (χ2n) is 7.06. The number of rotatable bonds is 3. The van der Waals surface area contributed by atoms with Gasteiger partial charge in [0.05, 0.1) is 22.3 Å². The summed E-state index contributed by atoms with van der Waals surface area (Å²) < 4.78 is 1.80. The molecule has 0 saturated carbocycles. The lowest BCUT2D eigenvalue weighted by Gasteiger charge is -2.12. The summed E-state index contributed by atoms with van der Waals surface area (Å²) in [6.07, 6.45) is 0. The molecule has 0 unspecified atom stereocenters. The smallest absolute Gasteiger partial charge is 0.256 e. The molecule has 28 heavy (non-hydrogen) atoms. The Morgan fingerprint density at radius 3 is 2.29 bits per heavy atom. The largest absolute Gasteiger partial charge is 0.321 e. The van der Waals surface area contributed by atoms with Crippen LogP contribution in [0, 0.1) is 27.7 Å². The van der Waals surface area contributed by atoms with Gasteiger partial charge in [-0.1, -0.05) is 36.4 Å². The van der Waals surface area contributed by atoms with Crippen LogP contribution in [0.5, 0.6) is 0 Å². The van der Waals surface area contributed by atoms with Crippen molar-refractivity contribution in [3.63, 3.8) is 0 Å². The zero-order valence-electron chi connectivity index (χ0n) is 16.4. The molecule has 0 aliphatic rings. The number of fused-ring (bicyclic) bond motifs is 1. The van der Waals surface area contributed by atoms with Crippen LogP contribution in [0.25, 0.3) is 16.7 Å². The molecular weight excluding hydrogens is 348 g/mol. The van der Waals surface area contributed by atoms with Gasteiger partial charge < -0.3 is 5.32 Å². The van der Waals surface area contributed by atoms with Crippen LogP contribution < -0.4 is 5.32 Å². The third-order valence-electron chi connectivity index (χ3n) is 4.91. The van der Waals surface area contributed by atoms with Crippen molar-refractivity contribution < 1.29 is 4.79 Å². The Bertz CT molecular complexity index is 1170. The quantitative estimate of drug-likeness (QED) is 0.558. The molecule has 0 atom stereocenters. The Hall–Kier alpha value is -3.47. The maximum Gasteiger partial charge on any atom is 0.256 e. The van der Waals surface area contributed by atoms with Crippen LogP contribution in [0.2, 0.25) is 0 Å². The SMILES string of the molecule is Cc1cc(C(=O)Nc2c(C)cccc2C)c2c(C)nn(-c3ccccc3)c2n1. The van der Waals surface area contributed by atoms with Crippen LogP contribution in [-0.4, -0.2) is 20.7 Å². The molecule has 0 radical (unpaired) electrons. The van der Waals surface area contributed by atoms with Gasteiger partial charge in [0, 0.05) is 11.4 Å². The zero-order chi connectivity index (χ0) is 19.8. The van der Waals surface area contributed by atoms with Crippen LogP contribution in [-0.2, 0) is 0 Å². The molecular formula is C23H22N4O. The number of benzene rings is 2. The van der Waals surface area contributed by atoms with Gasteiger partial charge in [-0.15, -0.1) is 0 Å². The number of nitrogens with zero attached hydrogens (tertiary/aromatic N) is 3. The van der Waals surface area contributed by atoms with E-state index in [0.717, 1.165) is 39.3 Å². The Labute approximate surface area is 164 Å². The highest BCUT2D eigenvalue weighted by molar-refractivity contribution is 6.13. The van der Waals surface area contributed by atoms with E-state index in [1.54, 1.807) is 4.68 Å². The van der Waals surface area contributed by atoms with Crippen LogP contribution >= 0.6 is 0 Å². The van der Waals surface area contributed by atoms with Crippen LogP contribution in [0.4, 0.5) is 5.69 Å². The normalized spacial score (nSPS) is 11.0. The van der Waals surface area contributed by atoms with Gasteiger partial charge in [0.25, 0.3) is 5.91 Å². The highest BCUT2D eigenvalue weighted by Gasteiger charge is 2.20. The molecule has 0 fully saturated rings. The summed E-state index contributed by atoms with van der Waals surface area (Å²) in [6.45, 7) is 7.80. The van der Waals surface area contributed by atoms with E-state index in [0.29, 0.717) is 11.2 Å². The highest BCUT2D eigenvalue weighted by atomic mass is 16.1. The summed E-state index contributed by atoms with van der Waals surface area (Å²) >= 11 is 0. The predicted molar refractivity (Wildman–Crippen MR) is 112 cm³/mol. The van der Waals surface area contributed by atoms with Gasteiger partial charge in [-0.3, -0.25) is 4.79 Å². The molecule has 2 aromatic heterocycles. The molecule has 1 N–H and O–H groups in total. The standard InChI is InChI=1S/C23H22N4O/c1-14-9-8-10-15(2)21(14)25-23(28)19-13-16(3)24-22-20(19)17(4)26-27(22)18-11-6-5-7-12-18/h5-13H,1-4H3,(H,25,28). The summed E-state index contributed by atoms with van der Waals surface area (Å²) in [7, 11) is 0. The summed E-state index contributed by atoms with van der Waals surface area (Å²) in [5, 5.41) is 8.52. The lowest BCUT2D eigenvalue weighted by molar-refractivity contribution is 0.102. The molecule has 5 heteroatoms. The third-order valence-corrected chi connectivity index (χ3v) is 4.91. The van der Waals surface area contributed by atoms with E-state index < -0.39 is 0 Å². The summed E-state index contributed by atoms with van der Waals surface area (Å²) in [5.74, 6) is -0.149. The third kappa shape index (κ3) is 3.05. The minimum atomic E-state index is -0.149. The lowest BCUT2D eigenvalue weighted by atomic mass is 10.1. The Kier molecular flexibility index (Phi) is 4.43. The summed E-state index contributed by atoms with van der Waals surface area (Å²) in [5.41, 5.74) is 6.66. The van der Waals surface area contributed by atoms with Gasteiger partial charge >= 0.3 is 0 Å². The monoisotopic (exact) mass is 370 g/mol. The highest BCUT2D eigenvalue weighted by Crippen LogP contribution is 2.27. The number of carbonyl (C=O) groups is 1. The van der Waals surface area contributed by atoms with Crippen LogP contribution in [0.15, 0.2) is 54.6 Å². The van der Waals surface area contributed by atoms with Crippen molar-refractivity contribution in [2.24, 2.45) is 0 Å². The molecule has 5 nitrogen and oxygen atoms in total. The van der Waals surface area contributed by atoms with Gasteiger partial charge in [0.15, 0.2) is 5.65 Å². The van der Waals surface area contributed by atoms with Gasteiger partial charge in [0.2, 0.25) is 0 Å². The van der Waals surface area contributed by atoms with Crippen molar-refractivity contribution in [1.29, 1.82) is 0 Å². The minimum Gasteiger partial charge on any atom is -0.321 e. The van der Waals surface area contributed by atoms with E-state index in [2.05, 4.69) is 15.4 Å². The van der Waals surface area contributed by atoms with E-state index >= 15 is 0 Å². The van der Waals surface area contributed by atoms with Crippen molar-refractivity contribution in [3.8, 4) is 5.69 Å². The minimum absolute atomic E-state index is 0.149. The molecule has 2 heterocycles. The first-order chi connectivity index (χ1) is 13.5. The van der Waals surface area contributed by atoms with Gasteiger partial charge in [-0.05, 0) is 57.0 Å². The van der Waals surface area contributed by atoms with E-state index in [1.807, 2.05) is 82.3 Å². The first-order valence-corrected chi connectivity index (χ1v) is 9.25. The molecule has 0 saturated heterocycles. The van der Waals surface area contributed by atoms with Crippen molar-refractivity contribution in [3.05, 3.63) is 82.7 Å². The van der Waals surface area contributed by atoms with E-state index in [4.69, 9.17) is 0 Å². The number of amides is 1. The fourth-order valence-electron chi connectivity index (χ4n) is 3.53. The van der Waals surface area contributed by atoms with Gasteiger partial charge in [-0.25, -0.2) is 9.67 Å². The van der Waals surface area contributed by atoms with Crippen molar-refractivity contribution >= 4 is 22.6 Å². The number of aromatic nitrogens is 3. The second-order valence-corrected chi connectivity index (χ2v) is 7.06. The van der Waals surface area contributed by atoms with Crippen molar-refractivity contribution in [2.45, 2.75) is 27.7 Å². The maximum atomic E-state index is 13.2. The molecule has 0 aliphatic heterocycles. The molecule has 0 spiro atoms. The predicted octanol–water partition coefficient (Wildman–Crippen LogP) is 4.91. The molecule has 4 aromatic rings. The average molecular weight is 370 g/mol. The fraction of sp³-hybridized carbons (Fsp3) is 0.174. The number of para-hydroxylation sites is 2. The topological polar surface area (TPSA) is 59.8 Å². The Balaban J connectivity index is 1.86. The number of hydrogen-bond acceptors (Lipinski definition) is 3. The fourth-order valence-corrected chi connectivity index (χ4v) is 3.53. The number of aryl methyl sites for hydroxylation is 4. The molecule has 140 valence electrons. The van der Waals surface area contributed by atoms with Crippen molar-refractivity contribution in [2.75, 3.05) is 5.32 Å². The lowest BCUT2D eigenvalue weighted by Crippen LogP contribution is -2.15. The van der Waals surface area contributed by atoms with Crippen LogP contribution in [0.1, 0.15) is 32.9 Å². The Morgan fingerprint density at radius 2 is 1.61 bits per heavy atom. The maximum absolute atomic E-state index is 13.2. The van der Waals surface area contributed by atoms with E-state index in [1.165, 1.54) is 0 Å². The summed E-state index contributed by atoms with van der Waals surface area (Å²) in [4.78, 5) is 17.9. The van der Waals surface area contributed by atoms with Gasteiger partial charge in [-0.2, -0.15) is 5.10 Å². The molecule has 4 rings (SSSR count). The number of nitrogens with one attached hydrogen (secondary N) is 1. The van der Waals surface area contributed by atoms with E-state index in [9.17, 15) is 4.79 Å². The number of pyridine rings is 1. The number of hydrogen-bond donors (Lipinski definition) is 1. The Morgan fingerprint density at radius 1 is 0.929 bits per heavy atom. The van der Waals surface area contributed by atoms with Crippen LogP contribution in [0.3, 0.4) is 0 Å². The van der Waals surface area contributed by atoms with Crippen molar-refractivity contribution in [1.82, 2.24) is 14.8 Å². The zero-order valence-corrected chi connectivity index (χ0v) is 16.4. The number of anilines is 1. The number of carbonyl (C=O) groups excluding carboxylic acids is 1. The first-order valence-electron chi connectivity index (χ1n) is 9.25. The molecule has 0 aliphatic carbocycles. The molecule has 0 bridgehead atoms. The first kappa shape index (κ1) is 17.9. The van der Waals surface area contributed by atoms with E-state index in [-0.39, 0.29) is 5.91 Å². The second kappa shape index (κ2) is 6.93.